The van der Waals surface area contributed by atoms with E-state index in [4.69, 9.17) is 9.47 Å². The molecule has 0 spiro atoms. The fraction of sp³-hybridized carbons (Fsp3) is 0.933. The van der Waals surface area contributed by atoms with Gasteiger partial charge >= 0.3 is 6.09 Å². The van der Waals surface area contributed by atoms with Gasteiger partial charge < -0.3 is 14.4 Å². The number of hydrogen-bond acceptors (Lipinski definition) is 3. The highest BCUT2D eigenvalue weighted by Crippen LogP contribution is 2.46. The minimum absolute atomic E-state index is 0.0999. The summed E-state index contributed by atoms with van der Waals surface area (Å²) in [7, 11) is 0. The van der Waals surface area contributed by atoms with Crippen molar-refractivity contribution in [2.24, 2.45) is 5.92 Å². The number of amides is 1. The summed E-state index contributed by atoms with van der Waals surface area (Å²) in [5.74, 6) is 0.611. The van der Waals surface area contributed by atoms with Gasteiger partial charge in [0.2, 0.25) is 0 Å². The molecule has 2 saturated carbocycles. The van der Waals surface area contributed by atoms with Crippen LogP contribution in [0, 0.1) is 5.92 Å². The second-order valence-corrected chi connectivity index (χ2v) is 6.22. The van der Waals surface area contributed by atoms with Crippen LogP contribution in [-0.2, 0) is 9.47 Å². The predicted molar refractivity (Wildman–Crippen MR) is 72.0 cm³/mol. The molecule has 19 heavy (non-hydrogen) atoms. The number of nitrogens with zero attached hydrogens (tertiary/aromatic N) is 1. The van der Waals surface area contributed by atoms with Crippen LogP contribution in [0.2, 0.25) is 0 Å². The Morgan fingerprint density at radius 2 is 1.68 bits per heavy atom. The molecule has 1 amide bonds. The molecule has 0 unspecified atom stereocenters. The summed E-state index contributed by atoms with van der Waals surface area (Å²) in [6.07, 6.45) is 9.59. The van der Waals surface area contributed by atoms with Crippen LogP contribution in [0.1, 0.15) is 51.4 Å². The quantitative estimate of drug-likeness (QED) is 0.772. The van der Waals surface area contributed by atoms with E-state index in [0.29, 0.717) is 32.2 Å². The van der Waals surface area contributed by atoms with Gasteiger partial charge in [0.15, 0.2) is 0 Å². The number of hydrogen-bond donors (Lipinski definition) is 0. The fourth-order valence-corrected chi connectivity index (χ4v) is 4.00. The van der Waals surface area contributed by atoms with Crippen LogP contribution in [0.3, 0.4) is 0 Å². The van der Waals surface area contributed by atoms with E-state index in [0.717, 1.165) is 12.8 Å². The van der Waals surface area contributed by atoms with Crippen LogP contribution in [0.15, 0.2) is 0 Å². The molecule has 0 aromatic carbocycles. The molecule has 0 bridgehead atoms. The number of ether oxygens (including phenoxy) is 2. The standard InChI is InChI=1S/C15H25NO3/c17-14(16-9-11-18-12-10-16)19-15(7-3-4-8-15)13-5-1-2-6-13/h13H,1-12H2. The van der Waals surface area contributed by atoms with Gasteiger partial charge in [-0.15, -0.1) is 0 Å². The molecule has 0 radical (unpaired) electrons. The number of carbonyl (C=O) groups excluding carboxylic acids is 1. The molecule has 0 aromatic heterocycles. The van der Waals surface area contributed by atoms with Crippen LogP contribution in [0.4, 0.5) is 4.79 Å². The summed E-state index contributed by atoms with van der Waals surface area (Å²) in [6.45, 7) is 2.65. The summed E-state index contributed by atoms with van der Waals surface area (Å²) >= 11 is 0. The van der Waals surface area contributed by atoms with Gasteiger partial charge in [0.05, 0.1) is 13.2 Å². The lowest BCUT2D eigenvalue weighted by Crippen LogP contribution is -2.47. The first kappa shape index (κ1) is 13.2. The second-order valence-electron chi connectivity index (χ2n) is 6.22. The van der Waals surface area contributed by atoms with Gasteiger partial charge in [-0.2, -0.15) is 0 Å². The van der Waals surface area contributed by atoms with Gasteiger partial charge in [0, 0.05) is 13.1 Å². The molecule has 1 saturated heterocycles. The molecule has 3 rings (SSSR count). The van der Waals surface area contributed by atoms with E-state index in [-0.39, 0.29) is 11.7 Å². The zero-order valence-electron chi connectivity index (χ0n) is 11.7. The van der Waals surface area contributed by atoms with Crippen molar-refractivity contribution in [3.8, 4) is 0 Å². The summed E-state index contributed by atoms with van der Waals surface area (Å²) in [6, 6.07) is 0. The lowest BCUT2D eigenvalue weighted by Gasteiger charge is -2.37. The van der Waals surface area contributed by atoms with Crippen LogP contribution >= 0.6 is 0 Å². The molecule has 2 aliphatic carbocycles. The Balaban J connectivity index is 1.65. The third-order valence-corrected chi connectivity index (χ3v) is 5.11. The van der Waals surface area contributed by atoms with Gasteiger partial charge in [-0.1, -0.05) is 12.8 Å². The van der Waals surface area contributed by atoms with Crippen molar-refractivity contribution in [1.29, 1.82) is 0 Å². The molecule has 0 atom stereocenters. The SMILES string of the molecule is O=C(OC1(C2CCCC2)CCCC1)N1CCOCC1. The first-order valence-corrected chi connectivity index (χ1v) is 7.86. The van der Waals surface area contributed by atoms with Gasteiger partial charge in [-0.25, -0.2) is 4.79 Å². The number of carbonyl (C=O) groups is 1. The maximum atomic E-state index is 12.4. The van der Waals surface area contributed by atoms with Crippen LogP contribution in [0.25, 0.3) is 0 Å². The van der Waals surface area contributed by atoms with Crippen LogP contribution in [-0.4, -0.2) is 42.9 Å². The van der Waals surface area contributed by atoms with Gasteiger partial charge in [0.25, 0.3) is 0 Å². The highest BCUT2D eigenvalue weighted by Gasteiger charge is 2.46. The Morgan fingerprint density at radius 3 is 2.32 bits per heavy atom. The summed E-state index contributed by atoms with van der Waals surface area (Å²) in [4.78, 5) is 14.2. The third kappa shape index (κ3) is 2.73. The lowest BCUT2D eigenvalue weighted by atomic mass is 9.84. The zero-order chi connectivity index (χ0) is 13.1. The van der Waals surface area contributed by atoms with Crippen molar-refractivity contribution in [2.75, 3.05) is 26.3 Å². The minimum Gasteiger partial charge on any atom is -0.443 e. The van der Waals surface area contributed by atoms with E-state index in [1.165, 1.54) is 38.5 Å². The average Bonchev–Trinajstić information content (AvgIpc) is 3.11. The number of morpholine rings is 1. The minimum atomic E-state index is -0.133. The topological polar surface area (TPSA) is 38.8 Å². The molecule has 4 nitrogen and oxygen atoms in total. The van der Waals surface area contributed by atoms with Crippen molar-refractivity contribution >= 4 is 6.09 Å². The molecule has 3 fully saturated rings. The van der Waals surface area contributed by atoms with E-state index in [1.807, 2.05) is 4.90 Å². The molecular weight excluding hydrogens is 242 g/mol. The molecule has 4 heteroatoms. The first-order chi connectivity index (χ1) is 9.30. The van der Waals surface area contributed by atoms with Gasteiger partial charge in [-0.05, 0) is 44.4 Å². The molecular formula is C15H25NO3. The van der Waals surface area contributed by atoms with Gasteiger partial charge in [0.1, 0.15) is 5.60 Å². The maximum absolute atomic E-state index is 12.4. The van der Waals surface area contributed by atoms with Crippen molar-refractivity contribution in [3.05, 3.63) is 0 Å². The fourth-order valence-electron chi connectivity index (χ4n) is 4.00. The Hall–Kier alpha value is -0.770. The van der Waals surface area contributed by atoms with Crippen molar-refractivity contribution in [2.45, 2.75) is 57.0 Å². The van der Waals surface area contributed by atoms with Gasteiger partial charge in [-0.3, -0.25) is 0 Å². The van der Waals surface area contributed by atoms with Crippen molar-refractivity contribution < 1.29 is 14.3 Å². The second kappa shape index (κ2) is 5.70. The lowest BCUT2D eigenvalue weighted by molar-refractivity contribution is -0.0554. The predicted octanol–water partition coefficient (Wildman–Crippen LogP) is 2.96. The molecule has 108 valence electrons. The Kier molecular flexibility index (Phi) is 3.96. The van der Waals surface area contributed by atoms with E-state index in [9.17, 15) is 4.79 Å². The molecule has 0 aromatic rings. The largest absolute Gasteiger partial charge is 0.443 e. The highest BCUT2D eigenvalue weighted by atomic mass is 16.6. The Bertz CT molecular complexity index is 313. The maximum Gasteiger partial charge on any atom is 0.410 e. The van der Waals surface area contributed by atoms with Crippen molar-refractivity contribution in [3.63, 3.8) is 0 Å². The van der Waals surface area contributed by atoms with E-state index >= 15 is 0 Å². The molecule has 0 N–H and O–H groups in total. The Morgan fingerprint density at radius 1 is 1.05 bits per heavy atom. The Labute approximate surface area is 115 Å². The molecule has 3 aliphatic rings. The summed E-state index contributed by atoms with van der Waals surface area (Å²) in [5, 5.41) is 0. The molecule has 1 aliphatic heterocycles. The van der Waals surface area contributed by atoms with Crippen LogP contribution in [0.5, 0.6) is 0 Å². The third-order valence-electron chi connectivity index (χ3n) is 5.11. The van der Waals surface area contributed by atoms with E-state index in [2.05, 4.69) is 0 Å². The zero-order valence-corrected chi connectivity index (χ0v) is 11.7. The summed E-state index contributed by atoms with van der Waals surface area (Å²) < 4.78 is 11.3. The first-order valence-electron chi connectivity index (χ1n) is 7.86. The highest BCUT2D eigenvalue weighted by molar-refractivity contribution is 5.68. The van der Waals surface area contributed by atoms with Crippen molar-refractivity contribution in [1.82, 2.24) is 4.90 Å². The van der Waals surface area contributed by atoms with Crippen LogP contribution < -0.4 is 0 Å². The van der Waals surface area contributed by atoms with E-state index < -0.39 is 0 Å². The average molecular weight is 267 g/mol. The van der Waals surface area contributed by atoms with E-state index in [1.54, 1.807) is 0 Å². The summed E-state index contributed by atoms with van der Waals surface area (Å²) in [5.41, 5.74) is -0.133. The monoisotopic (exact) mass is 267 g/mol. The molecule has 1 heterocycles. The number of rotatable bonds is 2. The normalized spacial score (nSPS) is 27.7. The smallest absolute Gasteiger partial charge is 0.410 e.